The van der Waals surface area contributed by atoms with Crippen LogP contribution >= 0.6 is 0 Å². The summed E-state index contributed by atoms with van der Waals surface area (Å²) in [5, 5.41) is 3.24. The molecule has 6 heteroatoms. The van der Waals surface area contributed by atoms with Crippen LogP contribution in [0.2, 0.25) is 0 Å². The van der Waals surface area contributed by atoms with Gasteiger partial charge in [0, 0.05) is 18.3 Å². The minimum absolute atomic E-state index is 0.0478. The number of imidazole rings is 1. The molecule has 2 N–H and O–H groups in total. The van der Waals surface area contributed by atoms with Gasteiger partial charge in [-0.2, -0.15) is 13.2 Å². The number of alkyl halides is 3. The van der Waals surface area contributed by atoms with Crippen LogP contribution in [0.25, 0.3) is 0 Å². The van der Waals surface area contributed by atoms with E-state index in [0.717, 1.165) is 29.1 Å². The normalized spacial score (nSPS) is 13.4. The first-order valence-corrected chi connectivity index (χ1v) is 6.27. The average molecular weight is 283 g/mol. The van der Waals surface area contributed by atoms with Crippen LogP contribution in [0.5, 0.6) is 0 Å². The van der Waals surface area contributed by atoms with Crippen LogP contribution in [0.15, 0.2) is 30.6 Å². The maximum absolute atomic E-state index is 12.5. The summed E-state index contributed by atoms with van der Waals surface area (Å²) < 4.78 is 37.4. The van der Waals surface area contributed by atoms with Crippen LogP contribution in [0.3, 0.4) is 0 Å². The lowest BCUT2D eigenvalue weighted by atomic mass is 10.1. The zero-order chi connectivity index (χ0) is 14.8. The fourth-order valence-corrected chi connectivity index (χ4v) is 1.89. The second kappa shape index (κ2) is 5.66. The van der Waals surface area contributed by atoms with E-state index in [-0.39, 0.29) is 6.04 Å². The molecule has 0 amide bonds. The highest BCUT2D eigenvalue weighted by Gasteiger charge is 2.30. The zero-order valence-corrected chi connectivity index (χ0v) is 11.3. The van der Waals surface area contributed by atoms with E-state index in [1.165, 1.54) is 12.1 Å². The molecule has 1 atom stereocenters. The number of benzene rings is 1. The number of hydrogen-bond acceptors (Lipinski definition) is 2. The van der Waals surface area contributed by atoms with Crippen molar-refractivity contribution in [3.8, 4) is 0 Å². The van der Waals surface area contributed by atoms with Crippen molar-refractivity contribution >= 4 is 0 Å². The van der Waals surface area contributed by atoms with Crippen molar-refractivity contribution in [2.45, 2.75) is 32.6 Å². The van der Waals surface area contributed by atoms with Crippen LogP contribution < -0.4 is 5.32 Å². The number of aromatic amines is 1. The van der Waals surface area contributed by atoms with E-state index in [9.17, 15) is 13.2 Å². The summed E-state index contributed by atoms with van der Waals surface area (Å²) in [5.74, 6) is 0. The molecule has 0 aliphatic heterocycles. The summed E-state index contributed by atoms with van der Waals surface area (Å²) in [5.41, 5.74) is 2.07. The third-order valence-electron chi connectivity index (χ3n) is 3.25. The number of H-pyrrole nitrogens is 1. The Balaban J connectivity index is 1.99. The second-order valence-electron chi connectivity index (χ2n) is 4.70. The molecule has 1 aromatic heterocycles. The lowest BCUT2D eigenvalue weighted by molar-refractivity contribution is -0.137. The number of nitrogens with zero attached hydrogens (tertiary/aromatic N) is 1. The van der Waals surface area contributed by atoms with Gasteiger partial charge in [0.2, 0.25) is 0 Å². The van der Waals surface area contributed by atoms with E-state index in [1.807, 2.05) is 13.8 Å². The van der Waals surface area contributed by atoms with Gasteiger partial charge in [-0.05, 0) is 31.5 Å². The highest BCUT2D eigenvalue weighted by molar-refractivity contribution is 5.26. The number of halogens is 3. The predicted octanol–water partition coefficient (Wildman–Crippen LogP) is 3.59. The molecule has 20 heavy (non-hydrogen) atoms. The molecular weight excluding hydrogens is 267 g/mol. The van der Waals surface area contributed by atoms with Gasteiger partial charge in [0.25, 0.3) is 0 Å². The summed E-state index contributed by atoms with van der Waals surface area (Å²) in [6.45, 7) is 4.40. The number of aryl methyl sites for hydroxylation is 1. The predicted molar refractivity (Wildman–Crippen MR) is 70.0 cm³/mol. The monoisotopic (exact) mass is 283 g/mol. The molecule has 1 unspecified atom stereocenters. The Bertz CT molecular complexity index is 558. The molecule has 0 fully saturated rings. The van der Waals surface area contributed by atoms with Crippen molar-refractivity contribution in [1.82, 2.24) is 15.3 Å². The third-order valence-corrected chi connectivity index (χ3v) is 3.25. The SMILES string of the molecule is Cc1[nH]cnc1CNC(C)c1ccc(C(F)(F)F)cc1. The van der Waals surface area contributed by atoms with Crippen LogP contribution in [0.4, 0.5) is 13.2 Å². The molecule has 1 aromatic carbocycles. The van der Waals surface area contributed by atoms with Gasteiger partial charge in [-0.25, -0.2) is 4.98 Å². The Kier molecular flexibility index (Phi) is 4.13. The fourth-order valence-electron chi connectivity index (χ4n) is 1.89. The van der Waals surface area contributed by atoms with E-state index in [4.69, 9.17) is 0 Å². The molecule has 0 spiro atoms. The molecule has 0 saturated heterocycles. The van der Waals surface area contributed by atoms with Gasteiger partial charge in [0.15, 0.2) is 0 Å². The van der Waals surface area contributed by atoms with E-state index in [2.05, 4.69) is 15.3 Å². The first-order chi connectivity index (χ1) is 9.38. The quantitative estimate of drug-likeness (QED) is 0.900. The molecular formula is C14H16F3N3. The molecule has 2 aromatic rings. The summed E-state index contributed by atoms with van der Waals surface area (Å²) in [6.07, 6.45) is -2.67. The van der Waals surface area contributed by atoms with Crippen molar-refractivity contribution in [2.75, 3.05) is 0 Å². The number of hydrogen-bond donors (Lipinski definition) is 2. The van der Waals surface area contributed by atoms with E-state index >= 15 is 0 Å². The summed E-state index contributed by atoms with van der Waals surface area (Å²) in [7, 11) is 0. The molecule has 2 rings (SSSR count). The van der Waals surface area contributed by atoms with E-state index in [1.54, 1.807) is 6.33 Å². The molecule has 0 aliphatic rings. The second-order valence-corrected chi connectivity index (χ2v) is 4.70. The van der Waals surface area contributed by atoms with Crippen LogP contribution in [0.1, 0.15) is 35.5 Å². The van der Waals surface area contributed by atoms with Crippen molar-refractivity contribution < 1.29 is 13.2 Å². The maximum atomic E-state index is 12.5. The lowest BCUT2D eigenvalue weighted by Crippen LogP contribution is -2.19. The van der Waals surface area contributed by atoms with Gasteiger partial charge in [0.05, 0.1) is 17.6 Å². The minimum Gasteiger partial charge on any atom is -0.348 e. The number of rotatable bonds is 4. The zero-order valence-electron chi connectivity index (χ0n) is 11.3. The van der Waals surface area contributed by atoms with Crippen LogP contribution in [0, 0.1) is 6.92 Å². The number of aromatic nitrogens is 2. The van der Waals surface area contributed by atoms with Gasteiger partial charge < -0.3 is 10.3 Å². The lowest BCUT2D eigenvalue weighted by Gasteiger charge is -2.15. The molecule has 0 saturated carbocycles. The van der Waals surface area contributed by atoms with Gasteiger partial charge in [-0.3, -0.25) is 0 Å². The number of nitrogens with one attached hydrogen (secondary N) is 2. The largest absolute Gasteiger partial charge is 0.416 e. The smallest absolute Gasteiger partial charge is 0.348 e. The van der Waals surface area contributed by atoms with Crippen molar-refractivity contribution in [3.05, 3.63) is 53.1 Å². The summed E-state index contributed by atoms with van der Waals surface area (Å²) in [4.78, 5) is 7.14. The maximum Gasteiger partial charge on any atom is 0.416 e. The first-order valence-electron chi connectivity index (χ1n) is 6.27. The standard InChI is InChI=1S/C14H16F3N3/c1-9(18-7-13-10(2)19-8-20-13)11-3-5-12(6-4-11)14(15,16)17/h3-6,8-9,18H,7H2,1-2H3,(H,19,20). The van der Waals surface area contributed by atoms with Crippen molar-refractivity contribution in [3.63, 3.8) is 0 Å². The summed E-state index contributed by atoms with van der Waals surface area (Å²) in [6, 6.07) is 5.16. The average Bonchev–Trinajstić information content (AvgIpc) is 2.81. The van der Waals surface area contributed by atoms with Crippen molar-refractivity contribution in [2.24, 2.45) is 0 Å². The van der Waals surface area contributed by atoms with Gasteiger partial charge in [0.1, 0.15) is 0 Å². The van der Waals surface area contributed by atoms with Gasteiger partial charge in [-0.1, -0.05) is 12.1 Å². The Morgan fingerprint density at radius 2 is 1.90 bits per heavy atom. The fraction of sp³-hybridized carbons (Fsp3) is 0.357. The molecule has 108 valence electrons. The Hall–Kier alpha value is -1.82. The highest BCUT2D eigenvalue weighted by Crippen LogP contribution is 2.29. The Morgan fingerprint density at radius 3 is 2.40 bits per heavy atom. The molecule has 0 bridgehead atoms. The molecule has 0 aliphatic carbocycles. The molecule has 0 radical (unpaired) electrons. The first kappa shape index (κ1) is 14.6. The molecule has 3 nitrogen and oxygen atoms in total. The van der Waals surface area contributed by atoms with Crippen molar-refractivity contribution in [1.29, 1.82) is 0 Å². The topological polar surface area (TPSA) is 40.7 Å². The summed E-state index contributed by atoms with van der Waals surface area (Å²) >= 11 is 0. The van der Waals surface area contributed by atoms with Crippen LogP contribution in [-0.4, -0.2) is 9.97 Å². The molecule has 1 heterocycles. The van der Waals surface area contributed by atoms with Gasteiger partial charge >= 0.3 is 6.18 Å². The van der Waals surface area contributed by atoms with E-state index in [0.29, 0.717) is 6.54 Å². The van der Waals surface area contributed by atoms with E-state index < -0.39 is 11.7 Å². The Labute approximate surface area is 115 Å². The minimum atomic E-state index is -4.29. The third kappa shape index (κ3) is 3.39. The van der Waals surface area contributed by atoms with Crippen LogP contribution in [-0.2, 0) is 12.7 Å². The van der Waals surface area contributed by atoms with Gasteiger partial charge in [-0.15, -0.1) is 0 Å². The Morgan fingerprint density at radius 1 is 1.25 bits per heavy atom. The highest BCUT2D eigenvalue weighted by atomic mass is 19.4.